The molecule has 4 aliphatic rings. The van der Waals surface area contributed by atoms with Crippen molar-refractivity contribution in [3.8, 4) is 0 Å². The average Bonchev–Trinajstić information content (AvgIpc) is 3.49. The molecule has 0 saturated carbocycles. The number of non-ortho nitro benzene ring substituents is 1. The maximum Gasteiger partial charge on any atom is 0.269 e. The zero-order valence-corrected chi connectivity index (χ0v) is 16.8. The maximum atomic E-state index is 13.7. The number of nitrogens with zero attached hydrogens (tertiary/aromatic N) is 3. The van der Waals surface area contributed by atoms with E-state index in [1.54, 1.807) is 29.2 Å². The molecule has 32 heavy (non-hydrogen) atoms. The molecule has 0 radical (unpaired) electrons. The summed E-state index contributed by atoms with van der Waals surface area (Å²) < 4.78 is 0. The van der Waals surface area contributed by atoms with E-state index in [9.17, 15) is 29.3 Å². The molecule has 3 atom stereocenters. The Morgan fingerprint density at radius 3 is 2.12 bits per heavy atom. The molecule has 3 aliphatic heterocycles. The molecule has 3 fully saturated rings. The highest BCUT2D eigenvalue weighted by molar-refractivity contribution is 6.37. The highest BCUT2D eigenvalue weighted by atomic mass is 16.6. The summed E-state index contributed by atoms with van der Waals surface area (Å²) in [6.07, 6.45) is 1.35. The topological polar surface area (TPSA) is 118 Å². The van der Waals surface area contributed by atoms with E-state index in [2.05, 4.69) is 0 Å². The summed E-state index contributed by atoms with van der Waals surface area (Å²) in [4.78, 5) is 67.8. The summed E-state index contributed by atoms with van der Waals surface area (Å²) in [7, 11) is 0. The van der Waals surface area contributed by atoms with Gasteiger partial charge in [-0.05, 0) is 31.5 Å². The number of Topliss-reactive ketones (excluding diaryl/α,β-unsaturated/α-hetero) is 2. The number of carbonyl (C=O) groups excluding carboxylic acids is 4. The Morgan fingerprint density at radius 2 is 1.53 bits per heavy atom. The van der Waals surface area contributed by atoms with E-state index in [4.69, 9.17) is 0 Å². The van der Waals surface area contributed by atoms with Crippen LogP contribution in [0.25, 0.3) is 0 Å². The third kappa shape index (κ3) is 2.02. The highest BCUT2D eigenvalue weighted by Crippen LogP contribution is 2.57. The van der Waals surface area contributed by atoms with Gasteiger partial charge in [0.1, 0.15) is 0 Å². The molecule has 6 rings (SSSR count). The fourth-order valence-corrected chi connectivity index (χ4v) is 6.21. The average molecular weight is 431 g/mol. The van der Waals surface area contributed by atoms with E-state index in [1.807, 2.05) is 0 Å². The standard InChI is InChI=1S/C23H17N3O6/c27-19-14-4-1-2-5-15(14)20(28)23(19)18-17(16-6-3-11-24(16)23)21(29)25(22(18)30)12-7-9-13(10-8-12)26(31)32/h1-2,4-5,7-10,16-18H,3,6,11H2/t16-,17+,18-/m0/s1. The third-order valence-electron chi connectivity index (χ3n) is 7.40. The van der Waals surface area contributed by atoms with Gasteiger partial charge in [0, 0.05) is 29.3 Å². The van der Waals surface area contributed by atoms with E-state index in [-0.39, 0.29) is 28.5 Å². The number of hydrogen-bond acceptors (Lipinski definition) is 7. The van der Waals surface area contributed by atoms with Gasteiger partial charge >= 0.3 is 0 Å². The van der Waals surface area contributed by atoms with Crippen LogP contribution in [0.15, 0.2) is 48.5 Å². The largest absolute Gasteiger partial charge is 0.291 e. The van der Waals surface area contributed by atoms with Gasteiger partial charge in [0.2, 0.25) is 11.8 Å². The van der Waals surface area contributed by atoms with Gasteiger partial charge in [-0.25, -0.2) is 4.90 Å². The van der Waals surface area contributed by atoms with Crippen LogP contribution in [-0.4, -0.2) is 51.3 Å². The first kappa shape index (κ1) is 19.0. The van der Waals surface area contributed by atoms with Gasteiger partial charge in [0.25, 0.3) is 5.69 Å². The smallest absolute Gasteiger partial charge is 0.269 e. The van der Waals surface area contributed by atoms with Gasteiger partial charge in [0.15, 0.2) is 17.1 Å². The molecule has 2 amide bonds. The molecule has 0 aromatic heterocycles. The Morgan fingerprint density at radius 1 is 0.906 bits per heavy atom. The summed E-state index contributed by atoms with van der Waals surface area (Å²) in [5.41, 5.74) is -1.08. The molecule has 2 aromatic carbocycles. The number of hydrogen-bond donors (Lipinski definition) is 0. The second-order valence-corrected chi connectivity index (χ2v) is 8.66. The third-order valence-corrected chi connectivity index (χ3v) is 7.40. The number of carbonyl (C=O) groups is 4. The first-order valence-electron chi connectivity index (χ1n) is 10.5. The van der Waals surface area contributed by atoms with Crippen LogP contribution < -0.4 is 4.90 Å². The molecular weight excluding hydrogens is 414 g/mol. The second-order valence-electron chi connectivity index (χ2n) is 8.66. The number of imide groups is 1. The fraction of sp³-hybridized carbons (Fsp3) is 0.304. The molecule has 1 aliphatic carbocycles. The van der Waals surface area contributed by atoms with Crippen molar-refractivity contribution < 1.29 is 24.1 Å². The van der Waals surface area contributed by atoms with Crippen molar-refractivity contribution in [3.63, 3.8) is 0 Å². The minimum absolute atomic E-state index is 0.164. The number of anilines is 1. The lowest BCUT2D eigenvalue weighted by Crippen LogP contribution is -2.59. The number of amides is 2. The molecule has 0 bridgehead atoms. The molecule has 1 spiro atoms. The van der Waals surface area contributed by atoms with E-state index < -0.39 is 45.7 Å². The second kappa shape index (κ2) is 6.17. The normalized spacial score (nSPS) is 27.9. The Hall–Kier alpha value is -3.72. The molecule has 0 N–H and O–H groups in total. The SMILES string of the molecule is O=C1[C@H]2[C@@H](C(=O)N1c1ccc([N+](=O)[O-])cc1)C1(C(=O)c3ccccc3C1=O)N1CCC[C@@H]21. The molecule has 2 aromatic rings. The van der Waals surface area contributed by atoms with E-state index in [0.29, 0.717) is 13.0 Å². The van der Waals surface area contributed by atoms with E-state index in [1.165, 1.54) is 24.3 Å². The summed E-state index contributed by atoms with van der Waals surface area (Å²) in [6.45, 7) is 0.473. The number of benzene rings is 2. The summed E-state index contributed by atoms with van der Waals surface area (Å²) >= 11 is 0. The number of fused-ring (bicyclic) bond motifs is 6. The molecular formula is C23H17N3O6. The predicted octanol–water partition coefficient (Wildman–Crippen LogP) is 2.00. The Kier molecular flexibility index (Phi) is 3.66. The van der Waals surface area contributed by atoms with Crippen LogP contribution in [0.1, 0.15) is 33.6 Å². The quantitative estimate of drug-likeness (QED) is 0.309. The van der Waals surface area contributed by atoms with Crippen LogP contribution in [0.2, 0.25) is 0 Å². The zero-order valence-electron chi connectivity index (χ0n) is 16.8. The van der Waals surface area contributed by atoms with Crippen molar-refractivity contribution in [2.75, 3.05) is 11.4 Å². The lowest BCUT2D eigenvalue weighted by Gasteiger charge is -2.35. The number of rotatable bonds is 2. The van der Waals surface area contributed by atoms with Crippen molar-refractivity contribution >= 4 is 34.8 Å². The van der Waals surface area contributed by atoms with Crippen molar-refractivity contribution in [2.45, 2.75) is 24.4 Å². The van der Waals surface area contributed by atoms with E-state index in [0.717, 1.165) is 11.3 Å². The van der Waals surface area contributed by atoms with Crippen LogP contribution in [0, 0.1) is 22.0 Å². The zero-order chi connectivity index (χ0) is 22.4. The summed E-state index contributed by atoms with van der Waals surface area (Å²) in [5.74, 6) is -3.80. The summed E-state index contributed by atoms with van der Waals surface area (Å²) in [6, 6.07) is 11.3. The van der Waals surface area contributed by atoms with Crippen LogP contribution in [0.3, 0.4) is 0 Å². The number of nitro benzene ring substituents is 1. The van der Waals surface area contributed by atoms with Crippen LogP contribution in [0.4, 0.5) is 11.4 Å². The fourth-order valence-electron chi connectivity index (χ4n) is 6.21. The summed E-state index contributed by atoms with van der Waals surface area (Å²) in [5, 5.41) is 11.0. The van der Waals surface area contributed by atoms with Crippen LogP contribution in [0.5, 0.6) is 0 Å². The van der Waals surface area contributed by atoms with Gasteiger partial charge < -0.3 is 0 Å². The molecule has 160 valence electrons. The monoisotopic (exact) mass is 431 g/mol. The van der Waals surface area contributed by atoms with Crippen molar-refractivity contribution in [3.05, 3.63) is 69.8 Å². The maximum absolute atomic E-state index is 13.7. The van der Waals surface area contributed by atoms with Gasteiger partial charge in [-0.2, -0.15) is 0 Å². The van der Waals surface area contributed by atoms with Crippen molar-refractivity contribution in [2.24, 2.45) is 11.8 Å². The predicted molar refractivity (Wildman–Crippen MR) is 110 cm³/mol. The van der Waals surface area contributed by atoms with Crippen LogP contribution >= 0.6 is 0 Å². The molecule has 3 heterocycles. The van der Waals surface area contributed by atoms with Gasteiger partial charge in [-0.1, -0.05) is 24.3 Å². The lowest BCUT2D eigenvalue weighted by molar-refractivity contribution is -0.384. The Balaban J connectivity index is 1.50. The minimum Gasteiger partial charge on any atom is -0.291 e. The van der Waals surface area contributed by atoms with Crippen molar-refractivity contribution in [1.29, 1.82) is 0 Å². The Labute approximate surface area is 181 Å². The number of nitro groups is 1. The lowest BCUT2D eigenvalue weighted by atomic mass is 9.76. The molecule has 9 heteroatoms. The first-order valence-corrected chi connectivity index (χ1v) is 10.5. The first-order chi connectivity index (χ1) is 15.4. The molecule has 0 unspecified atom stereocenters. The van der Waals surface area contributed by atoms with Gasteiger partial charge in [-0.15, -0.1) is 0 Å². The highest BCUT2D eigenvalue weighted by Gasteiger charge is 2.76. The minimum atomic E-state index is -1.70. The van der Waals surface area contributed by atoms with Gasteiger partial charge in [-0.3, -0.25) is 34.2 Å². The van der Waals surface area contributed by atoms with E-state index >= 15 is 0 Å². The van der Waals surface area contributed by atoms with Crippen molar-refractivity contribution in [1.82, 2.24) is 4.90 Å². The Bertz CT molecular complexity index is 1220. The molecule has 3 saturated heterocycles. The van der Waals surface area contributed by atoms with Gasteiger partial charge in [0.05, 0.1) is 22.4 Å². The number of ketones is 2. The van der Waals surface area contributed by atoms with Crippen LogP contribution in [-0.2, 0) is 9.59 Å². The molecule has 9 nitrogen and oxygen atoms in total.